The van der Waals surface area contributed by atoms with Gasteiger partial charge in [-0.15, -0.1) is 0 Å². The van der Waals surface area contributed by atoms with Gasteiger partial charge in [-0.1, -0.05) is 18.4 Å². The summed E-state index contributed by atoms with van der Waals surface area (Å²) in [6.07, 6.45) is 4.13. The standard InChI is InChI=1S/C14H16N2O2/c17-9-3-7-12-6-2-8-13(15-12)16-14(18)10-11-4-1-5-11/h2,6,8,11,17H,1,4-5,9-10H2,(H,15,16,18). The molecule has 4 heteroatoms. The number of aliphatic hydroxyl groups is 1. The average molecular weight is 244 g/mol. The minimum absolute atomic E-state index is 0.0134. The van der Waals surface area contributed by atoms with Crippen molar-refractivity contribution in [3.8, 4) is 11.8 Å². The lowest BCUT2D eigenvalue weighted by Crippen LogP contribution is -2.21. The predicted octanol–water partition coefficient (Wildman–Crippen LogP) is 1.55. The van der Waals surface area contributed by atoms with Crippen molar-refractivity contribution in [3.63, 3.8) is 0 Å². The smallest absolute Gasteiger partial charge is 0.225 e. The monoisotopic (exact) mass is 244 g/mol. The van der Waals surface area contributed by atoms with Crippen molar-refractivity contribution >= 4 is 11.7 Å². The number of amides is 1. The highest BCUT2D eigenvalue weighted by Crippen LogP contribution is 2.29. The van der Waals surface area contributed by atoms with Crippen molar-refractivity contribution in [1.29, 1.82) is 0 Å². The van der Waals surface area contributed by atoms with Gasteiger partial charge in [-0.25, -0.2) is 4.98 Å². The number of hydrogen-bond donors (Lipinski definition) is 2. The van der Waals surface area contributed by atoms with Gasteiger partial charge >= 0.3 is 0 Å². The van der Waals surface area contributed by atoms with Crippen LogP contribution in [-0.4, -0.2) is 22.6 Å². The minimum Gasteiger partial charge on any atom is -0.384 e. The van der Waals surface area contributed by atoms with Crippen molar-refractivity contribution in [1.82, 2.24) is 4.98 Å². The molecule has 0 saturated heterocycles. The molecule has 4 nitrogen and oxygen atoms in total. The number of nitrogens with one attached hydrogen (secondary N) is 1. The van der Waals surface area contributed by atoms with Crippen molar-refractivity contribution < 1.29 is 9.90 Å². The molecule has 0 aliphatic heterocycles. The number of anilines is 1. The Labute approximate surface area is 106 Å². The zero-order valence-corrected chi connectivity index (χ0v) is 10.1. The van der Waals surface area contributed by atoms with E-state index < -0.39 is 0 Å². The molecule has 1 aliphatic carbocycles. The highest BCUT2D eigenvalue weighted by molar-refractivity contribution is 5.89. The summed E-state index contributed by atoms with van der Waals surface area (Å²) in [7, 11) is 0. The Morgan fingerprint density at radius 2 is 2.33 bits per heavy atom. The van der Waals surface area contributed by atoms with Crippen LogP contribution in [0.15, 0.2) is 18.2 Å². The maximum atomic E-state index is 11.7. The summed E-state index contributed by atoms with van der Waals surface area (Å²) in [4.78, 5) is 15.9. The lowest BCUT2D eigenvalue weighted by Gasteiger charge is -2.24. The Kier molecular flexibility index (Phi) is 4.32. The minimum atomic E-state index is -0.194. The van der Waals surface area contributed by atoms with Gasteiger partial charge in [-0.3, -0.25) is 4.79 Å². The van der Waals surface area contributed by atoms with E-state index in [0.717, 1.165) is 12.8 Å². The topological polar surface area (TPSA) is 62.2 Å². The highest BCUT2D eigenvalue weighted by Gasteiger charge is 2.20. The number of hydrogen-bond acceptors (Lipinski definition) is 3. The van der Waals surface area contributed by atoms with Gasteiger partial charge in [0.25, 0.3) is 0 Å². The summed E-state index contributed by atoms with van der Waals surface area (Å²) in [5.74, 6) is 6.31. The van der Waals surface area contributed by atoms with Crippen LogP contribution in [0.5, 0.6) is 0 Å². The first kappa shape index (κ1) is 12.6. The maximum absolute atomic E-state index is 11.7. The van der Waals surface area contributed by atoms with Crippen LogP contribution in [0.25, 0.3) is 0 Å². The molecule has 2 rings (SSSR count). The van der Waals surface area contributed by atoms with E-state index in [1.165, 1.54) is 6.42 Å². The fraction of sp³-hybridized carbons (Fsp3) is 0.429. The van der Waals surface area contributed by atoms with Gasteiger partial charge in [0.15, 0.2) is 0 Å². The Morgan fingerprint density at radius 1 is 1.50 bits per heavy atom. The molecule has 0 radical (unpaired) electrons. The largest absolute Gasteiger partial charge is 0.384 e. The second-order valence-electron chi connectivity index (χ2n) is 4.42. The van der Waals surface area contributed by atoms with Gasteiger partial charge in [-0.2, -0.15) is 0 Å². The van der Waals surface area contributed by atoms with Gasteiger partial charge in [0.1, 0.15) is 18.1 Å². The van der Waals surface area contributed by atoms with Crippen LogP contribution in [0, 0.1) is 17.8 Å². The Morgan fingerprint density at radius 3 is 3.00 bits per heavy atom. The summed E-state index contributed by atoms with van der Waals surface area (Å²) in [6.45, 7) is -0.194. The van der Waals surface area contributed by atoms with E-state index in [9.17, 15) is 4.79 Å². The van der Waals surface area contributed by atoms with Crippen molar-refractivity contribution in [2.45, 2.75) is 25.7 Å². The molecular formula is C14H16N2O2. The second kappa shape index (κ2) is 6.18. The summed E-state index contributed by atoms with van der Waals surface area (Å²) in [5.41, 5.74) is 0.547. The molecule has 1 heterocycles. The summed E-state index contributed by atoms with van der Waals surface area (Å²) < 4.78 is 0. The zero-order chi connectivity index (χ0) is 12.8. The van der Waals surface area contributed by atoms with Crippen LogP contribution in [0.4, 0.5) is 5.82 Å². The van der Waals surface area contributed by atoms with Crippen LogP contribution in [0.1, 0.15) is 31.4 Å². The molecule has 0 unspecified atom stereocenters. The molecule has 0 aromatic carbocycles. The van der Waals surface area contributed by atoms with E-state index in [0.29, 0.717) is 23.9 Å². The summed E-state index contributed by atoms with van der Waals surface area (Å²) >= 11 is 0. The van der Waals surface area contributed by atoms with Gasteiger partial charge in [0.2, 0.25) is 5.91 Å². The lowest BCUT2D eigenvalue weighted by molar-refractivity contribution is -0.117. The molecule has 1 amide bonds. The fourth-order valence-corrected chi connectivity index (χ4v) is 1.86. The quantitative estimate of drug-likeness (QED) is 0.793. The summed E-state index contributed by atoms with van der Waals surface area (Å²) in [6, 6.07) is 5.26. The molecule has 0 atom stereocenters. The summed E-state index contributed by atoms with van der Waals surface area (Å²) in [5, 5.41) is 11.4. The van der Waals surface area contributed by atoms with E-state index in [4.69, 9.17) is 5.11 Å². The predicted molar refractivity (Wildman–Crippen MR) is 68.8 cm³/mol. The van der Waals surface area contributed by atoms with E-state index in [-0.39, 0.29) is 12.5 Å². The van der Waals surface area contributed by atoms with Gasteiger partial charge in [-0.05, 0) is 36.8 Å². The van der Waals surface area contributed by atoms with E-state index in [1.54, 1.807) is 18.2 Å². The number of aliphatic hydroxyl groups excluding tert-OH is 1. The number of rotatable bonds is 3. The molecule has 0 bridgehead atoms. The van der Waals surface area contributed by atoms with Gasteiger partial charge in [0.05, 0.1) is 0 Å². The number of aromatic nitrogens is 1. The highest BCUT2D eigenvalue weighted by atomic mass is 16.2. The first-order chi connectivity index (χ1) is 8.78. The van der Waals surface area contributed by atoms with E-state index in [2.05, 4.69) is 22.1 Å². The molecule has 1 aromatic rings. The molecule has 94 valence electrons. The van der Waals surface area contributed by atoms with Crippen LogP contribution in [-0.2, 0) is 4.79 Å². The normalized spacial score (nSPS) is 14.3. The third kappa shape index (κ3) is 3.57. The van der Waals surface area contributed by atoms with Crippen LogP contribution >= 0.6 is 0 Å². The van der Waals surface area contributed by atoms with Crippen LogP contribution < -0.4 is 5.32 Å². The number of pyridine rings is 1. The zero-order valence-electron chi connectivity index (χ0n) is 10.1. The SMILES string of the molecule is O=C(CC1CCC1)Nc1cccc(C#CCO)n1. The van der Waals surface area contributed by atoms with Crippen LogP contribution in [0.2, 0.25) is 0 Å². The number of carbonyl (C=O) groups is 1. The third-order valence-corrected chi connectivity index (χ3v) is 3.01. The van der Waals surface area contributed by atoms with Gasteiger partial charge in [0, 0.05) is 6.42 Å². The molecule has 2 N–H and O–H groups in total. The third-order valence-electron chi connectivity index (χ3n) is 3.01. The molecule has 1 fully saturated rings. The second-order valence-corrected chi connectivity index (χ2v) is 4.42. The molecule has 1 aliphatic rings. The first-order valence-electron chi connectivity index (χ1n) is 6.14. The fourth-order valence-electron chi connectivity index (χ4n) is 1.86. The first-order valence-corrected chi connectivity index (χ1v) is 6.14. The molecule has 1 saturated carbocycles. The average Bonchev–Trinajstić information content (AvgIpc) is 2.32. The van der Waals surface area contributed by atoms with E-state index in [1.807, 2.05) is 0 Å². The van der Waals surface area contributed by atoms with Crippen molar-refractivity contribution in [2.75, 3.05) is 11.9 Å². The van der Waals surface area contributed by atoms with Crippen molar-refractivity contribution in [3.05, 3.63) is 23.9 Å². The molecule has 1 aromatic heterocycles. The Balaban J connectivity index is 1.93. The maximum Gasteiger partial charge on any atom is 0.225 e. The molecular weight excluding hydrogens is 228 g/mol. The van der Waals surface area contributed by atoms with Crippen LogP contribution in [0.3, 0.4) is 0 Å². The molecule has 18 heavy (non-hydrogen) atoms. The van der Waals surface area contributed by atoms with Gasteiger partial charge < -0.3 is 10.4 Å². The van der Waals surface area contributed by atoms with E-state index >= 15 is 0 Å². The Bertz CT molecular complexity index is 484. The Hall–Kier alpha value is -1.86. The number of nitrogens with zero attached hydrogens (tertiary/aromatic N) is 1. The number of carbonyl (C=O) groups excluding carboxylic acids is 1. The van der Waals surface area contributed by atoms with Crippen molar-refractivity contribution in [2.24, 2.45) is 5.92 Å². The molecule has 0 spiro atoms. The lowest BCUT2D eigenvalue weighted by atomic mass is 9.83.